The summed E-state index contributed by atoms with van der Waals surface area (Å²) in [5, 5.41) is 14.7. The lowest BCUT2D eigenvalue weighted by Crippen LogP contribution is -2.41. The zero-order valence-electron chi connectivity index (χ0n) is 20.7. The second kappa shape index (κ2) is 9.94. The Kier molecular flexibility index (Phi) is 6.18. The van der Waals surface area contributed by atoms with Crippen LogP contribution in [0.15, 0.2) is 84.9 Å². The lowest BCUT2D eigenvalue weighted by molar-refractivity contribution is 0.0787. The summed E-state index contributed by atoms with van der Waals surface area (Å²) in [5.74, 6) is 2.01. The summed E-state index contributed by atoms with van der Waals surface area (Å²) < 4.78 is 13.2. The Morgan fingerprint density at radius 1 is 0.974 bits per heavy atom. The zero-order chi connectivity index (χ0) is 26.1. The molecular formula is C30H27N5O3. The van der Waals surface area contributed by atoms with Gasteiger partial charge in [-0.2, -0.15) is 10.4 Å². The highest BCUT2D eigenvalue weighted by molar-refractivity contribution is 5.73. The van der Waals surface area contributed by atoms with E-state index in [0.29, 0.717) is 29.4 Å². The molecule has 1 aliphatic carbocycles. The van der Waals surface area contributed by atoms with Crippen LogP contribution < -0.4 is 10.5 Å². The standard InChI is InChI=1S/C30H27N5O3/c31-17-26-28(21-11-13-25(14-12-21)38-24-9-5-2-6-10-24)33-35(29(26)32)27-16-23-15-22(27)18-34(23)30(36)37-19-20-7-3-1-4-8-20/h1-14,22-23,27H,15-16,18-19,32H2. The Labute approximate surface area is 220 Å². The number of nitrogens with zero attached hydrogens (tertiary/aromatic N) is 4. The second-order valence-corrected chi connectivity index (χ2v) is 9.75. The number of para-hydroxylation sites is 1. The van der Waals surface area contributed by atoms with Gasteiger partial charge in [-0.25, -0.2) is 9.48 Å². The van der Waals surface area contributed by atoms with E-state index in [4.69, 9.17) is 20.3 Å². The van der Waals surface area contributed by atoms with E-state index >= 15 is 0 Å². The number of anilines is 1. The first kappa shape index (κ1) is 23.6. The number of amides is 1. The first-order valence-electron chi connectivity index (χ1n) is 12.7. The van der Waals surface area contributed by atoms with Crippen molar-refractivity contribution in [3.05, 3.63) is 96.1 Å². The Balaban J connectivity index is 1.15. The number of benzene rings is 3. The maximum atomic E-state index is 12.8. The van der Waals surface area contributed by atoms with E-state index in [1.54, 1.807) is 4.68 Å². The summed E-state index contributed by atoms with van der Waals surface area (Å²) in [6.45, 7) is 0.845. The molecule has 190 valence electrons. The van der Waals surface area contributed by atoms with E-state index in [9.17, 15) is 10.1 Å². The van der Waals surface area contributed by atoms with Gasteiger partial charge in [0, 0.05) is 24.1 Å². The van der Waals surface area contributed by atoms with Crippen LogP contribution in [0, 0.1) is 17.2 Å². The quantitative estimate of drug-likeness (QED) is 0.357. The number of nitrogens with two attached hydrogens (primary N) is 1. The molecule has 2 fully saturated rings. The predicted octanol–water partition coefficient (Wildman–Crippen LogP) is 5.77. The maximum absolute atomic E-state index is 12.8. The number of likely N-dealkylation sites (tertiary alicyclic amines) is 1. The molecule has 8 heteroatoms. The zero-order valence-corrected chi connectivity index (χ0v) is 20.7. The summed E-state index contributed by atoms with van der Waals surface area (Å²) in [4.78, 5) is 14.6. The first-order valence-corrected chi connectivity index (χ1v) is 12.7. The van der Waals surface area contributed by atoms with Gasteiger partial charge in [0.1, 0.15) is 41.3 Å². The molecule has 0 radical (unpaired) electrons. The third-order valence-corrected chi connectivity index (χ3v) is 7.42. The Bertz CT molecular complexity index is 1480. The minimum Gasteiger partial charge on any atom is -0.457 e. The molecule has 8 nitrogen and oxygen atoms in total. The number of hydrogen-bond donors (Lipinski definition) is 1. The Morgan fingerprint density at radius 3 is 2.32 bits per heavy atom. The largest absolute Gasteiger partial charge is 0.457 e. The number of fused-ring (bicyclic) bond motifs is 2. The number of carbonyl (C=O) groups excluding carboxylic acids is 1. The van der Waals surface area contributed by atoms with Crippen molar-refractivity contribution in [2.45, 2.75) is 31.5 Å². The number of nitrogen functional groups attached to an aromatic ring is 1. The van der Waals surface area contributed by atoms with Gasteiger partial charge < -0.3 is 20.1 Å². The van der Waals surface area contributed by atoms with Crippen LogP contribution in [0.25, 0.3) is 11.3 Å². The van der Waals surface area contributed by atoms with Crippen molar-refractivity contribution in [3.63, 3.8) is 0 Å². The molecule has 38 heavy (non-hydrogen) atoms. The lowest BCUT2D eigenvalue weighted by atomic mass is 10.0. The highest BCUT2D eigenvalue weighted by Gasteiger charge is 2.49. The molecule has 2 bridgehead atoms. The van der Waals surface area contributed by atoms with Gasteiger partial charge in [-0.05, 0) is 54.8 Å². The average Bonchev–Trinajstić information content (AvgIpc) is 3.66. The lowest BCUT2D eigenvalue weighted by Gasteiger charge is -2.31. The Morgan fingerprint density at radius 2 is 1.66 bits per heavy atom. The van der Waals surface area contributed by atoms with Crippen molar-refractivity contribution in [3.8, 4) is 28.8 Å². The topological polar surface area (TPSA) is 106 Å². The molecule has 2 heterocycles. The molecule has 1 aliphatic heterocycles. The number of nitriles is 1. The second-order valence-electron chi connectivity index (χ2n) is 9.75. The number of carbonyl (C=O) groups is 1. The van der Waals surface area contributed by atoms with Crippen LogP contribution in [-0.2, 0) is 11.3 Å². The molecule has 1 amide bonds. The average molecular weight is 506 g/mol. The van der Waals surface area contributed by atoms with Gasteiger partial charge in [-0.1, -0.05) is 48.5 Å². The maximum Gasteiger partial charge on any atom is 0.410 e. The third-order valence-electron chi connectivity index (χ3n) is 7.42. The molecule has 4 aromatic rings. The molecule has 1 saturated heterocycles. The summed E-state index contributed by atoms with van der Waals surface area (Å²) in [6, 6.07) is 29.0. The SMILES string of the molecule is N#Cc1c(-c2ccc(Oc3ccccc3)cc2)nn(C2CC3CC2CN3C(=O)OCc2ccccc2)c1N. The van der Waals surface area contributed by atoms with Gasteiger partial charge in [0.05, 0.1) is 6.04 Å². The minimum atomic E-state index is -0.288. The summed E-state index contributed by atoms with van der Waals surface area (Å²) in [6.07, 6.45) is 1.31. The fraction of sp³-hybridized carbons (Fsp3) is 0.233. The molecule has 3 unspecified atom stereocenters. The van der Waals surface area contributed by atoms with Crippen molar-refractivity contribution in [1.29, 1.82) is 5.26 Å². The van der Waals surface area contributed by atoms with Crippen molar-refractivity contribution in [1.82, 2.24) is 14.7 Å². The van der Waals surface area contributed by atoms with Crippen LogP contribution in [0.4, 0.5) is 10.6 Å². The van der Waals surface area contributed by atoms with Crippen molar-refractivity contribution in [2.75, 3.05) is 12.3 Å². The van der Waals surface area contributed by atoms with E-state index < -0.39 is 0 Å². The third kappa shape index (κ3) is 4.43. The highest BCUT2D eigenvalue weighted by Crippen LogP contribution is 2.46. The van der Waals surface area contributed by atoms with E-state index in [1.165, 1.54) is 0 Å². The van der Waals surface area contributed by atoms with Crippen LogP contribution in [0.1, 0.15) is 30.0 Å². The molecule has 2 aliphatic rings. The van der Waals surface area contributed by atoms with Crippen LogP contribution >= 0.6 is 0 Å². The van der Waals surface area contributed by atoms with Crippen molar-refractivity contribution >= 4 is 11.9 Å². The molecule has 0 spiro atoms. The van der Waals surface area contributed by atoms with Gasteiger partial charge in [0.2, 0.25) is 0 Å². The number of piperidine rings is 1. The summed E-state index contributed by atoms with van der Waals surface area (Å²) in [7, 11) is 0. The monoisotopic (exact) mass is 505 g/mol. The molecule has 1 saturated carbocycles. The molecule has 2 N–H and O–H groups in total. The van der Waals surface area contributed by atoms with Gasteiger partial charge in [0.15, 0.2) is 0 Å². The fourth-order valence-electron chi connectivity index (χ4n) is 5.57. The van der Waals surface area contributed by atoms with Crippen LogP contribution in [0.3, 0.4) is 0 Å². The van der Waals surface area contributed by atoms with Gasteiger partial charge in [-0.15, -0.1) is 0 Å². The number of hydrogen-bond acceptors (Lipinski definition) is 6. The predicted molar refractivity (Wildman–Crippen MR) is 142 cm³/mol. The first-order chi connectivity index (χ1) is 18.6. The van der Waals surface area contributed by atoms with Crippen LogP contribution in [0.5, 0.6) is 11.5 Å². The van der Waals surface area contributed by atoms with E-state index in [2.05, 4.69) is 6.07 Å². The van der Waals surface area contributed by atoms with E-state index in [1.807, 2.05) is 89.8 Å². The Hall–Kier alpha value is -4.77. The van der Waals surface area contributed by atoms with Crippen molar-refractivity contribution in [2.24, 2.45) is 5.92 Å². The molecule has 1 aromatic heterocycles. The van der Waals surface area contributed by atoms with Crippen molar-refractivity contribution < 1.29 is 14.3 Å². The smallest absolute Gasteiger partial charge is 0.410 e. The fourth-order valence-corrected chi connectivity index (χ4v) is 5.57. The van der Waals surface area contributed by atoms with Gasteiger partial charge in [0.25, 0.3) is 0 Å². The number of aromatic nitrogens is 2. The summed E-state index contributed by atoms with van der Waals surface area (Å²) in [5.41, 5.74) is 9.12. The summed E-state index contributed by atoms with van der Waals surface area (Å²) >= 11 is 0. The minimum absolute atomic E-state index is 0.0275. The van der Waals surface area contributed by atoms with Crippen LogP contribution in [-0.4, -0.2) is 33.4 Å². The highest BCUT2D eigenvalue weighted by atomic mass is 16.6. The van der Waals surface area contributed by atoms with E-state index in [0.717, 1.165) is 29.7 Å². The van der Waals surface area contributed by atoms with E-state index in [-0.39, 0.29) is 30.7 Å². The number of ether oxygens (including phenoxy) is 2. The van der Waals surface area contributed by atoms with Gasteiger partial charge >= 0.3 is 6.09 Å². The van der Waals surface area contributed by atoms with Gasteiger partial charge in [-0.3, -0.25) is 0 Å². The molecular weight excluding hydrogens is 478 g/mol. The number of rotatable bonds is 6. The molecule has 6 rings (SSSR count). The normalized spacial score (nSPS) is 19.8. The molecule has 3 aromatic carbocycles. The molecule has 3 atom stereocenters. The van der Waals surface area contributed by atoms with Crippen LogP contribution in [0.2, 0.25) is 0 Å².